The van der Waals surface area contributed by atoms with Crippen molar-refractivity contribution in [2.75, 3.05) is 0 Å². The summed E-state index contributed by atoms with van der Waals surface area (Å²) in [5.74, 6) is 2.58. The van der Waals surface area contributed by atoms with Gasteiger partial charge in [-0.25, -0.2) is 10.2 Å². The number of ether oxygens (including phenoxy) is 1. The summed E-state index contributed by atoms with van der Waals surface area (Å²) in [5.41, 5.74) is 5.61. The number of carbonyl (C=O) groups is 2. The zero-order chi connectivity index (χ0) is 22.1. The number of rotatable bonds is 5. The topological polar surface area (TPSA) is 79.8 Å². The van der Waals surface area contributed by atoms with E-state index in [1.54, 1.807) is 18.3 Å². The van der Waals surface area contributed by atoms with E-state index in [2.05, 4.69) is 15.8 Å². The largest absolute Gasteiger partial charge is 0.427 e. The SMILES string of the molecule is CC(=O)Oc1ccc(-c2ccc(/C=N/NC(=O)NC34CC5CC(CC(C5)C3)C4)cc2)cc1. The van der Waals surface area contributed by atoms with E-state index in [4.69, 9.17) is 4.74 Å². The summed E-state index contributed by atoms with van der Waals surface area (Å²) >= 11 is 0. The van der Waals surface area contributed by atoms with Gasteiger partial charge in [0.1, 0.15) is 5.75 Å². The Morgan fingerprint density at radius 2 is 1.44 bits per heavy atom. The number of esters is 1. The molecule has 4 aliphatic rings. The highest BCUT2D eigenvalue weighted by molar-refractivity contribution is 5.83. The smallest absolute Gasteiger partial charge is 0.335 e. The molecule has 2 N–H and O–H groups in total. The standard InChI is InChI=1S/C26H29N3O3/c1-17(30)32-24-8-6-23(7-9-24)22-4-2-18(3-5-22)16-27-29-25(31)28-26-13-19-10-20(14-26)12-21(11-19)15-26/h2-9,16,19-21H,10-15H2,1H3,(H2,28,29,31)/b27-16+. The Morgan fingerprint density at radius 1 is 0.906 bits per heavy atom. The van der Waals surface area contributed by atoms with Crippen LogP contribution < -0.4 is 15.5 Å². The van der Waals surface area contributed by atoms with Gasteiger partial charge in [-0.15, -0.1) is 0 Å². The predicted molar refractivity (Wildman–Crippen MR) is 123 cm³/mol. The predicted octanol–water partition coefficient (Wildman–Crippen LogP) is 4.88. The molecule has 2 aromatic carbocycles. The van der Waals surface area contributed by atoms with Crippen molar-refractivity contribution in [1.29, 1.82) is 0 Å². The summed E-state index contributed by atoms with van der Waals surface area (Å²) in [4.78, 5) is 23.5. The molecule has 0 saturated heterocycles. The highest BCUT2D eigenvalue weighted by Crippen LogP contribution is 2.55. The monoisotopic (exact) mass is 431 g/mol. The first-order chi connectivity index (χ1) is 15.5. The summed E-state index contributed by atoms with van der Waals surface area (Å²) in [7, 11) is 0. The first kappa shape index (κ1) is 20.7. The molecule has 0 unspecified atom stereocenters. The fourth-order valence-corrected chi connectivity index (χ4v) is 6.34. The van der Waals surface area contributed by atoms with Gasteiger partial charge in [-0.2, -0.15) is 5.10 Å². The van der Waals surface area contributed by atoms with Crippen LogP contribution in [-0.2, 0) is 4.79 Å². The van der Waals surface area contributed by atoms with Gasteiger partial charge in [-0.3, -0.25) is 4.79 Å². The van der Waals surface area contributed by atoms with E-state index in [1.807, 2.05) is 36.4 Å². The van der Waals surface area contributed by atoms with Crippen LogP contribution in [0.5, 0.6) is 5.75 Å². The number of hydrazone groups is 1. The van der Waals surface area contributed by atoms with Crippen LogP contribution in [0.1, 0.15) is 51.0 Å². The molecule has 0 radical (unpaired) electrons. The second-order valence-corrected chi connectivity index (χ2v) is 9.76. The molecule has 4 aliphatic carbocycles. The number of urea groups is 1. The number of nitrogens with zero attached hydrogens (tertiary/aromatic N) is 1. The molecule has 0 aromatic heterocycles. The fraction of sp³-hybridized carbons (Fsp3) is 0.423. The average Bonchev–Trinajstić information content (AvgIpc) is 2.73. The highest BCUT2D eigenvalue weighted by Gasteiger charge is 2.51. The zero-order valence-corrected chi connectivity index (χ0v) is 18.3. The molecule has 6 rings (SSSR count). The van der Waals surface area contributed by atoms with E-state index < -0.39 is 0 Å². The van der Waals surface area contributed by atoms with E-state index in [0.717, 1.165) is 53.7 Å². The second-order valence-electron chi connectivity index (χ2n) is 9.76. The molecule has 4 saturated carbocycles. The van der Waals surface area contributed by atoms with Crippen molar-refractivity contribution in [3.05, 3.63) is 54.1 Å². The zero-order valence-electron chi connectivity index (χ0n) is 18.3. The summed E-state index contributed by atoms with van der Waals surface area (Å²) in [6.45, 7) is 1.38. The average molecular weight is 432 g/mol. The Kier molecular flexibility index (Phi) is 5.45. The lowest BCUT2D eigenvalue weighted by Crippen LogP contribution is -2.61. The van der Waals surface area contributed by atoms with Gasteiger partial charge in [0.2, 0.25) is 0 Å². The van der Waals surface area contributed by atoms with Crippen LogP contribution in [0.25, 0.3) is 11.1 Å². The van der Waals surface area contributed by atoms with Crippen molar-refractivity contribution >= 4 is 18.2 Å². The van der Waals surface area contributed by atoms with Crippen LogP contribution in [0.3, 0.4) is 0 Å². The van der Waals surface area contributed by atoms with Crippen molar-refractivity contribution < 1.29 is 14.3 Å². The lowest BCUT2D eigenvalue weighted by atomic mass is 9.53. The Hall–Kier alpha value is -3.15. The van der Waals surface area contributed by atoms with Gasteiger partial charge in [0.25, 0.3) is 0 Å². The third-order valence-corrected chi connectivity index (χ3v) is 7.16. The van der Waals surface area contributed by atoms with Gasteiger partial charge in [-0.05, 0) is 85.1 Å². The normalized spacial score (nSPS) is 28.0. The van der Waals surface area contributed by atoms with Gasteiger partial charge >= 0.3 is 12.0 Å². The van der Waals surface area contributed by atoms with Crippen molar-refractivity contribution in [2.24, 2.45) is 22.9 Å². The minimum absolute atomic E-state index is 0.0129. The second kappa shape index (κ2) is 8.41. The number of hydrogen-bond donors (Lipinski definition) is 2. The molecule has 0 heterocycles. The Balaban J connectivity index is 1.15. The van der Waals surface area contributed by atoms with Gasteiger partial charge in [0.15, 0.2) is 0 Å². The third kappa shape index (κ3) is 4.54. The molecule has 32 heavy (non-hydrogen) atoms. The van der Waals surface area contributed by atoms with Crippen LogP contribution in [0.2, 0.25) is 0 Å². The number of hydrogen-bond acceptors (Lipinski definition) is 4. The number of amides is 2. The van der Waals surface area contributed by atoms with Crippen molar-refractivity contribution in [2.45, 2.75) is 51.0 Å². The van der Waals surface area contributed by atoms with Crippen molar-refractivity contribution in [1.82, 2.24) is 10.7 Å². The Bertz CT molecular complexity index is 992. The molecule has 4 fully saturated rings. The molecular weight excluding hydrogens is 402 g/mol. The van der Waals surface area contributed by atoms with Crippen LogP contribution in [0, 0.1) is 17.8 Å². The van der Waals surface area contributed by atoms with E-state index in [0.29, 0.717) is 5.75 Å². The van der Waals surface area contributed by atoms with Crippen molar-refractivity contribution in [3.63, 3.8) is 0 Å². The minimum Gasteiger partial charge on any atom is -0.427 e. The van der Waals surface area contributed by atoms with Crippen LogP contribution >= 0.6 is 0 Å². The first-order valence-electron chi connectivity index (χ1n) is 11.5. The van der Waals surface area contributed by atoms with E-state index in [1.165, 1.54) is 26.2 Å². The summed E-state index contributed by atoms with van der Waals surface area (Å²) < 4.78 is 5.07. The summed E-state index contributed by atoms with van der Waals surface area (Å²) in [6, 6.07) is 15.1. The molecule has 2 aromatic rings. The molecule has 166 valence electrons. The van der Waals surface area contributed by atoms with Gasteiger partial charge < -0.3 is 10.1 Å². The molecule has 0 aliphatic heterocycles. The minimum atomic E-state index is -0.332. The maximum Gasteiger partial charge on any atom is 0.335 e. The number of nitrogens with one attached hydrogen (secondary N) is 2. The maximum absolute atomic E-state index is 12.5. The molecule has 0 atom stereocenters. The Labute approximate surface area is 188 Å². The summed E-state index contributed by atoms with van der Waals surface area (Å²) in [6.07, 6.45) is 9.10. The van der Waals surface area contributed by atoms with Gasteiger partial charge in [-0.1, -0.05) is 36.4 Å². The lowest BCUT2D eigenvalue weighted by molar-refractivity contribution is -0.131. The first-order valence-corrected chi connectivity index (χ1v) is 11.5. The van der Waals surface area contributed by atoms with Crippen molar-refractivity contribution in [3.8, 4) is 16.9 Å². The molecule has 0 spiro atoms. The quantitative estimate of drug-likeness (QED) is 0.306. The molecule has 4 bridgehead atoms. The van der Waals surface area contributed by atoms with E-state index >= 15 is 0 Å². The van der Waals surface area contributed by atoms with E-state index in [9.17, 15) is 9.59 Å². The summed E-state index contributed by atoms with van der Waals surface area (Å²) in [5, 5.41) is 7.41. The molecule has 6 heteroatoms. The highest BCUT2D eigenvalue weighted by atomic mass is 16.5. The van der Waals surface area contributed by atoms with Crippen LogP contribution in [0.15, 0.2) is 53.6 Å². The number of benzene rings is 2. The lowest BCUT2D eigenvalue weighted by Gasteiger charge is -2.56. The van der Waals surface area contributed by atoms with Crippen LogP contribution in [0.4, 0.5) is 4.79 Å². The Morgan fingerprint density at radius 3 is 1.97 bits per heavy atom. The van der Waals surface area contributed by atoms with E-state index in [-0.39, 0.29) is 17.5 Å². The molecular formula is C26H29N3O3. The van der Waals surface area contributed by atoms with Gasteiger partial charge in [0, 0.05) is 12.5 Å². The molecule has 6 nitrogen and oxygen atoms in total. The van der Waals surface area contributed by atoms with Gasteiger partial charge in [0.05, 0.1) is 6.21 Å². The molecule has 2 amide bonds. The third-order valence-electron chi connectivity index (χ3n) is 7.16. The number of carbonyl (C=O) groups excluding carboxylic acids is 2. The maximum atomic E-state index is 12.5. The fourth-order valence-electron chi connectivity index (χ4n) is 6.34. The van der Waals surface area contributed by atoms with Crippen LogP contribution in [-0.4, -0.2) is 23.8 Å².